The van der Waals surface area contributed by atoms with Crippen molar-refractivity contribution < 1.29 is 73.2 Å². The molecule has 5 aromatic rings. The van der Waals surface area contributed by atoms with Crippen LogP contribution >= 0.6 is 21.6 Å². The van der Waals surface area contributed by atoms with E-state index in [1.54, 1.807) is 79.0 Å². The highest BCUT2D eigenvalue weighted by molar-refractivity contribution is 8.76. The SMILES string of the molecule is CC(O)C(CO)NC(=O)[C@@H]1CSSC[C@@H](NC(=O)[C@@H](Cc2ccccc2)NC(=O)CCNC(=O)CCC(=O)NNc2ccc(C(=O)O)cn2)C(=O)N[C@H](Cc2ccccc2)C(=O)N[C@@H](Cc2c[nH]c3ccccc23)C(=O)N[C@H](CCCCN)C(=O)N[C@H](C(C)O)C(=O)N1. The summed E-state index contributed by atoms with van der Waals surface area (Å²) in [7, 11) is 1.87. The van der Waals surface area contributed by atoms with Gasteiger partial charge in [0.25, 0.3) is 0 Å². The summed E-state index contributed by atoms with van der Waals surface area (Å²) in [5.41, 5.74) is 13.1. The number of hydrogen-bond donors (Lipinski definition) is 17. The van der Waals surface area contributed by atoms with Crippen molar-refractivity contribution in [1.29, 1.82) is 0 Å². The molecule has 18 N–H and O–H groups in total. The zero-order chi connectivity index (χ0) is 67.4. The number of hydrazine groups is 1. The van der Waals surface area contributed by atoms with E-state index in [0.717, 1.165) is 27.8 Å². The second-order valence-electron chi connectivity index (χ2n) is 22.0. The van der Waals surface area contributed by atoms with Crippen LogP contribution < -0.4 is 64.4 Å². The van der Waals surface area contributed by atoms with Gasteiger partial charge in [-0.25, -0.2) is 9.78 Å². The van der Waals surface area contributed by atoms with Crippen LogP contribution in [0.4, 0.5) is 5.82 Å². The molecular weight excluding hydrogens is 1240 g/mol. The number of nitrogens with two attached hydrogens (primary N) is 1. The van der Waals surface area contributed by atoms with E-state index in [9.17, 15) is 58.5 Å². The average molecular weight is 1330 g/mol. The van der Waals surface area contributed by atoms with Crippen LogP contribution in [0, 0.1) is 0 Å². The number of benzene rings is 3. The van der Waals surface area contributed by atoms with Crippen LogP contribution in [0.1, 0.15) is 79.4 Å². The van der Waals surface area contributed by atoms with Gasteiger partial charge < -0.3 is 79.0 Å². The molecule has 1 saturated heterocycles. The van der Waals surface area contributed by atoms with E-state index >= 15 is 9.59 Å². The van der Waals surface area contributed by atoms with E-state index in [0.29, 0.717) is 40.4 Å². The number of carbonyl (C=O) groups excluding carboxylic acids is 10. The van der Waals surface area contributed by atoms with Gasteiger partial charge in [-0.2, -0.15) is 0 Å². The molecule has 10 atom stereocenters. The predicted octanol–water partition coefficient (Wildman–Crippen LogP) is -1.12. The van der Waals surface area contributed by atoms with Gasteiger partial charge in [-0.1, -0.05) is 100 Å². The molecule has 29 nitrogen and oxygen atoms in total. The summed E-state index contributed by atoms with van der Waals surface area (Å²) >= 11 is 0. The lowest BCUT2D eigenvalue weighted by atomic mass is 10.0. The first-order valence-corrected chi connectivity index (χ1v) is 32.6. The second kappa shape index (κ2) is 37.4. The summed E-state index contributed by atoms with van der Waals surface area (Å²) in [6.07, 6.45) is -0.753. The minimum absolute atomic E-state index is 0.0229. The molecule has 2 aromatic heterocycles. The smallest absolute Gasteiger partial charge is 0.337 e. The number of aliphatic hydroxyl groups excluding tert-OH is 3. The summed E-state index contributed by atoms with van der Waals surface area (Å²) in [5, 5.41) is 65.1. The highest BCUT2D eigenvalue weighted by Crippen LogP contribution is 2.25. The number of H-pyrrole nitrogens is 1. The molecule has 500 valence electrons. The van der Waals surface area contributed by atoms with E-state index < -0.39 is 132 Å². The lowest BCUT2D eigenvalue weighted by Gasteiger charge is -2.29. The zero-order valence-corrected chi connectivity index (χ0v) is 52.8. The Balaban J connectivity index is 1.30. The molecule has 0 radical (unpaired) electrons. The van der Waals surface area contributed by atoms with Crippen LogP contribution in [0.15, 0.2) is 109 Å². The molecule has 0 saturated carbocycles. The molecule has 3 unspecified atom stereocenters. The van der Waals surface area contributed by atoms with Crippen molar-refractivity contribution in [2.45, 2.75) is 132 Å². The maximum absolute atomic E-state index is 15.1. The third-order valence-electron chi connectivity index (χ3n) is 14.7. The predicted molar refractivity (Wildman–Crippen MR) is 346 cm³/mol. The lowest BCUT2D eigenvalue weighted by Crippen LogP contribution is -2.62. The quantitative estimate of drug-likeness (QED) is 0.0168. The molecule has 1 fully saturated rings. The molecule has 93 heavy (non-hydrogen) atoms. The van der Waals surface area contributed by atoms with Crippen molar-refractivity contribution in [1.82, 2.24) is 63.2 Å². The Bertz CT molecular complexity index is 3350. The molecule has 0 bridgehead atoms. The van der Waals surface area contributed by atoms with Crippen LogP contribution in [0.3, 0.4) is 0 Å². The summed E-state index contributed by atoms with van der Waals surface area (Å²) in [6.45, 7) is 1.83. The Labute approximate surface area is 543 Å². The van der Waals surface area contributed by atoms with Gasteiger partial charge in [-0.05, 0) is 74.5 Å². The third-order valence-corrected chi connectivity index (χ3v) is 17.2. The highest BCUT2D eigenvalue weighted by atomic mass is 33.1. The molecule has 6 rings (SSSR count). The molecule has 1 aliphatic heterocycles. The number of rotatable bonds is 27. The van der Waals surface area contributed by atoms with E-state index in [2.05, 4.69) is 68.7 Å². The van der Waals surface area contributed by atoms with Gasteiger partial charge in [0.15, 0.2) is 0 Å². The van der Waals surface area contributed by atoms with Crippen molar-refractivity contribution in [3.63, 3.8) is 0 Å². The van der Waals surface area contributed by atoms with Gasteiger partial charge in [0, 0.05) is 79.9 Å². The lowest BCUT2D eigenvalue weighted by molar-refractivity contribution is -0.136. The number of carboxylic acid groups (broad SMARTS) is 1. The second-order valence-corrected chi connectivity index (χ2v) is 24.6. The Morgan fingerprint density at radius 3 is 1.97 bits per heavy atom. The minimum atomic E-state index is -1.74. The minimum Gasteiger partial charge on any atom is -0.478 e. The van der Waals surface area contributed by atoms with Crippen molar-refractivity contribution in [3.8, 4) is 0 Å². The average Bonchev–Trinajstić information content (AvgIpc) is 1.83. The van der Waals surface area contributed by atoms with Crippen LogP contribution in [-0.2, 0) is 67.2 Å². The number of aromatic nitrogens is 2. The van der Waals surface area contributed by atoms with Gasteiger partial charge in [0.05, 0.1) is 30.4 Å². The zero-order valence-electron chi connectivity index (χ0n) is 51.2. The van der Waals surface area contributed by atoms with Gasteiger partial charge in [0.2, 0.25) is 59.1 Å². The summed E-state index contributed by atoms with van der Waals surface area (Å²) in [5.74, 6) is -9.89. The van der Waals surface area contributed by atoms with Crippen molar-refractivity contribution in [2.75, 3.05) is 36.6 Å². The Hall–Kier alpha value is -9.14. The molecule has 3 aromatic carbocycles. The molecule has 10 amide bonds. The standard InChI is InChI=1S/C62H80N14O15S2/c1-35(78)47(32-77)71-60(88)49-34-93-92-33-48(72-56(84)44(27-37-13-5-3-6-14-37)67-52(81)24-26-64-51(80)22-23-53(82)76-75-50-21-20-39(30-66-50)62(90)91)59(87)69-45(28-38-15-7-4-8-16-38)57(85)70-46(29-40-31-65-42-18-10-9-17-41(40)42)58(86)68-43(19-11-12-25-63)55(83)74-54(36(2)79)61(89)73-49/h3-10,13-18,20-21,30-31,35-36,43-49,54,65,77-79H,11-12,19,22-29,32-34,63H2,1-2H3,(H,64,80)(H,66,75)(H,67,81)(H,68,86)(H,69,87)(H,70,85)(H,71,88)(H,72,84)(H,73,89)(H,74,83)(H,76,82)(H,90,91)/t35?,36?,43-,44-,45-,46+,47?,48-,49+,54-/m1/s1. The normalized spacial score (nSPS) is 19.9. The number of amides is 10. The number of nitrogens with zero attached hydrogens (tertiary/aromatic N) is 1. The number of aliphatic hydroxyl groups is 3. The van der Waals surface area contributed by atoms with Gasteiger partial charge in [0.1, 0.15) is 48.1 Å². The fourth-order valence-corrected chi connectivity index (χ4v) is 11.8. The topological polar surface area (TPSA) is 456 Å². The molecule has 1 aliphatic rings. The fourth-order valence-electron chi connectivity index (χ4n) is 9.51. The largest absolute Gasteiger partial charge is 0.478 e. The van der Waals surface area contributed by atoms with E-state index in [-0.39, 0.29) is 80.9 Å². The van der Waals surface area contributed by atoms with Crippen molar-refractivity contribution >= 4 is 103 Å². The Morgan fingerprint density at radius 2 is 1.31 bits per heavy atom. The molecule has 0 aliphatic carbocycles. The first kappa shape index (κ1) is 72.9. The Morgan fingerprint density at radius 1 is 0.677 bits per heavy atom. The van der Waals surface area contributed by atoms with Crippen LogP contribution in [0.25, 0.3) is 10.9 Å². The van der Waals surface area contributed by atoms with E-state index in [1.807, 2.05) is 12.1 Å². The van der Waals surface area contributed by atoms with E-state index in [4.69, 9.17) is 10.8 Å². The summed E-state index contributed by atoms with van der Waals surface area (Å²) < 4.78 is 0. The number of aromatic carboxylic acids is 1. The number of anilines is 1. The third kappa shape index (κ3) is 23.8. The maximum atomic E-state index is 15.1. The number of nitrogens with one attached hydrogen (secondary N) is 12. The van der Waals surface area contributed by atoms with Gasteiger partial charge >= 0.3 is 5.97 Å². The van der Waals surface area contributed by atoms with Crippen molar-refractivity contribution in [3.05, 3.63) is 132 Å². The molecule has 31 heteroatoms. The van der Waals surface area contributed by atoms with Gasteiger partial charge in [-0.15, -0.1) is 0 Å². The number of unbranched alkanes of at least 4 members (excludes halogenated alkanes) is 1. The van der Waals surface area contributed by atoms with Crippen molar-refractivity contribution in [2.24, 2.45) is 5.73 Å². The molecule has 0 spiro atoms. The maximum Gasteiger partial charge on any atom is 0.337 e. The molecule has 3 heterocycles. The highest BCUT2D eigenvalue weighted by Gasteiger charge is 2.37. The number of fused-ring (bicyclic) bond motifs is 1. The van der Waals surface area contributed by atoms with Crippen LogP contribution in [0.2, 0.25) is 0 Å². The molecular formula is C62H80N14O15S2. The van der Waals surface area contributed by atoms with E-state index in [1.165, 1.54) is 26.0 Å². The first-order chi connectivity index (χ1) is 44.6. The summed E-state index contributed by atoms with van der Waals surface area (Å²) in [4.78, 5) is 159. The fraction of sp³-hybridized carbons (Fsp3) is 0.419. The van der Waals surface area contributed by atoms with Gasteiger partial charge in [-0.3, -0.25) is 58.8 Å². The number of aromatic amines is 1. The number of carbonyl (C=O) groups is 11. The van der Waals surface area contributed by atoms with Crippen LogP contribution in [-0.4, -0.2) is 187 Å². The monoisotopic (exact) mass is 1320 g/mol. The first-order valence-electron chi connectivity index (χ1n) is 30.1. The summed E-state index contributed by atoms with van der Waals surface area (Å²) in [6, 6.07) is 15.3. The number of hydrogen-bond acceptors (Lipinski definition) is 19. The van der Waals surface area contributed by atoms with Crippen LogP contribution in [0.5, 0.6) is 0 Å². The number of pyridine rings is 1. The number of para-hydroxylation sites is 1. The Kier molecular flexibility index (Phi) is 29.3. The number of carboxylic acids is 1.